The Morgan fingerprint density at radius 3 is 2.52 bits per heavy atom. The number of hydrogen-bond acceptors (Lipinski definition) is 4. The predicted molar refractivity (Wildman–Crippen MR) is 88.8 cm³/mol. The zero-order valence-electron chi connectivity index (χ0n) is 13.2. The van der Waals surface area contributed by atoms with Gasteiger partial charge in [0.15, 0.2) is 0 Å². The van der Waals surface area contributed by atoms with Gasteiger partial charge in [0.25, 0.3) is 15.9 Å². The average molecular weight is 335 g/mol. The van der Waals surface area contributed by atoms with Crippen molar-refractivity contribution in [3.63, 3.8) is 0 Å². The van der Waals surface area contributed by atoms with E-state index in [2.05, 4.69) is 5.32 Å². The summed E-state index contributed by atoms with van der Waals surface area (Å²) in [5.74, 6) is -0.316. The molecular weight excluding hydrogens is 314 g/mol. The third-order valence-corrected chi connectivity index (χ3v) is 5.06. The standard InChI is InChI=1S/C16H21N3O3S/c1-12-3-5-15(6-4-12)23(21,22)19-10-8-14(11-19)16(20)18-9-7-13(2)17/h3-6,8,10-11,13H,7,9,17H2,1-2H3,(H,18,20). The summed E-state index contributed by atoms with van der Waals surface area (Å²) in [5, 5.41) is 2.72. The van der Waals surface area contributed by atoms with Gasteiger partial charge in [-0.05, 0) is 38.5 Å². The lowest BCUT2D eigenvalue weighted by Crippen LogP contribution is -2.28. The minimum Gasteiger partial charge on any atom is -0.352 e. The summed E-state index contributed by atoms with van der Waals surface area (Å²) in [4.78, 5) is 12.2. The minimum absolute atomic E-state index is 0.00168. The summed E-state index contributed by atoms with van der Waals surface area (Å²) < 4.78 is 26.1. The Labute approximate surface area is 136 Å². The van der Waals surface area contributed by atoms with E-state index in [9.17, 15) is 13.2 Å². The topological polar surface area (TPSA) is 94.2 Å². The van der Waals surface area contributed by atoms with Crippen LogP contribution in [0.2, 0.25) is 0 Å². The van der Waals surface area contributed by atoms with E-state index in [4.69, 9.17) is 5.73 Å². The molecule has 2 aromatic rings. The zero-order valence-corrected chi connectivity index (χ0v) is 14.0. The van der Waals surface area contributed by atoms with Crippen molar-refractivity contribution in [3.8, 4) is 0 Å². The first-order valence-electron chi connectivity index (χ1n) is 7.35. The Morgan fingerprint density at radius 2 is 1.91 bits per heavy atom. The number of aryl methyl sites for hydroxylation is 1. The Hall–Kier alpha value is -2.12. The van der Waals surface area contributed by atoms with Gasteiger partial charge >= 0.3 is 0 Å². The van der Waals surface area contributed by atoms with E-state index in [1.807, 2.05) is 13.8 Å². The van der Waals surface area contributed by atoms with Crippen LogP contribution in [0, 0.1) is 6.92 Å². The van der Waals surface area contributed by atoms with Crippen LogP contribution in [0.5, 0.6) is 0 Å². The van der Waals surface area contributed by atoms with E-state index in [0.29, 0.717) is 18.5 Å². The maximum absolute atomic E-state index is 12.5. The number of aromatic nitrogens is 1. The van der Waals surface area contributed by atoms with Crippen LogP contribution >= 0.6 is 0 Å². The number of hydrogen-bond donors (Lipinski definition) is 2. The first-order chi connectivity index (χ1) is 10.8. The van der Waals surface area contributed by atoms with Crippen molar-refractivity contribution in [2.24, 2.45) is 5.73 Å². The van der Waals surface area contributed by atoms with Gasteiger partial charge in [-0.25, -0.2) is 12.4 Å². The summed E-state index contributed by atoms with van der Waals surface area (Å²) in [6.45, 7) is 4.19. The van der Waals surface area contributed by atoms with Gasteiger partial charge in [-0.15, -0.1) is 0 Å². The molecule has 0 spiro atoms. The Bertz CT molecular complexity index is 777. The molecule has 1 amide bonds. The lowest BCUT2D eigenvalue weighted by Gasteiger charge is -2.07. The van der Waals surface area contributed by atoms with Crippen molar-refractivity contribution in [1.29, 1.82) is 0 Å². The molecule has 1 aromatic heterocycles. The van der Waals surface area contributed by atoms with Gasteiger partial charge in [0.2, 0.25) is 0 Å². The van der Waals surface area contributed by atoms with Gasteiger partial charge in [-0.1, -0.05) is 17.7 Å². The molecule has 0 aliphatic rings. The SMILES string of the molecule is Cc1ccc(S(=O)(=O)n2ccc(C(=O)NCCC(C)N)c2)cc1. The average Bonchev–Trinajstić information content (AvgIpc) is 2.98. The van der Waals surface area contributed by atoms with E-state index in [1.165, 1.54) is 18.5 Å². The minimum atomic E-state index is -3.69. The van der Waals surface area contributed by atoms with Crippen LogP contribution in [0.1, 0.15) is 29.3 Å². The van der Waals surface area contributed by atoms with Crippen molar-refractivity contribution < 1.29 is 13.2 Å². The Kier molecular flexibility index (Phi) is 5.23. The van der Waals surface area contributed by atoms with Crippen LogP contribution in [0.4, 0.5) is 0 Å². The second-order valence-electron chi connectivity index (χ2n) is 5.57. The van der Waals surface area contributed by atoms with Crippen molar-refractivity contribution >= 4 is 15.9 Å². The predicted octanol–water partition coefficient (Wildman–Crippen LogP) is 1.50. The quantitative estimate of drug-likeness (QED) is 0.836. The summed E-state index contributed by atoms with van der Waals surface area (Å²) in [6, 6.07) is 8.05. The van der Waals surface area contributed by atoms with E-state index < -0.39 is 10.0 Å². The highest BCUT2D eigenvalue weighted by Gasteiger charge is 2.18. The van der Waals surface area contributed by atoms with Gasteiger partial charge < -0.3 is 11.1 Å². The summed E-state index contributed by atoms with van der Waals surface area (Å²) in [6.07, 6.45) is 3.35. The molecule has 0 saturated carbocycles. The second kappa shape index (κ2) is 6.97. The molecule has 23 heavy (non-hydrogen) atoms. The molecule has 6 nitrogen and oxygen atoms in total. The molecule has 1 aromatic carbocycles. The van der Waals surface area contributed by atoms with Gasteiger partial charge in [-0.2, -0.15) is 0 Å². The smallest absolute Gasteiger partial charge is 0.267 e. The molecule has 2 rings (SSSR count). The molecule has 0 bridgehead atoms. The Balaban J connectivity index is 2.15. The van der Waals surface area contributed by atoms with Gasteiger partial charge in [0.1, 0.15) is 0 Å². The molecule has 1 heterocycles. The van der Waals surface area contributed by atoms with Crippen LogP contribution in [0.25, 0.3) is 0 Å². The van der Waals surface area contributed by atoms with E-state index in [-0.39, 0.29) is 16.8 Å². The highest BCUT2D eigenvalue weighted by atomic mass is 32.2. The maximum atomic E-state index is 12.5. The fraction of sp³-hybridized carbons (Fsp3) is 0.312. The van der Waals surface area contributed by atoms with Crippen molar-refractivity contribution in [2.75, 3.05) is 6.54 Å². The van der Waals surface area contributed by atoms with E-state index in [1.54, 1.807) is 24.3 Å². The maximum Gasteiger partial charge on any atom is 0.267 e. The number of nitrogens with two attached hydrogens (primary N) is 1. The van der Waals surface area contributed by atoms with Crippen LogP contribution in [0.15, 0.2) is 47.6 Å². The molecule has 0 aliphatic carbocycles. The van der Waals surface area contributed by atoms with Crippen LogP contribution in [0.3, 0.4) is 0 Å². The molecule has 1 unspecified atom stereocenters. The number of carbonyl (C=O) groups excluding carboxylic acids is 1. The number of carbonyl (C=O) groups is 1. The number of benzene rings is 1. The molecule has 1 atom stereocenters. The first kappa shape index (κ1) is 17.2. The monoisotopic (exact) mass is 335 g/mol. The molecule has 0 radical (unpaired) electrons. The fourth-order valence-electron chi connectivity index (χ4n) is 2.01. The molecule has 3 N–H and O–H groups in total. The zero-order chi connectivity index (χ0) is 17.0. The largest absolute Gasteiger partial charge is 0.352 e. The van der Waals surface area contributed by atoms with Crippen molar-refractivity contribution in [1.82, 2.24) is 9.29 Å². The van der Waals surface area contributed by atoms with Crippen molar-refractivity contribution in [2.45, 2.75) is 31.2 Å². The van der Waals surface area contributed by atoms with E-state index in [0.717, 1.165) is 9.54 Å². The number of nitrogens with zero attached hydrogens (tertiary/aromatic N) is 1. The van der Waals surface area contributed by atoms with Gasteiger partial charge in [0.05, 0.1) is 10.5 Å². The molecule has 0 saturated heterocycles. The molecular formula is C16H21N3O3S. The highest BCUT2D eigenvalue weighted by Crippen LogP contribution is 2.16. The second-order valence-corrected chi connectivity index (χ2v) is 7.41. The lowest BCUT2D eigenvalue weighted by molar-refractivity contribution is 0.0953. The molecule has 0 aliphatic heterocycles. The van der Waals surface area contributed by atoms with Crippen molar-refractivity contribution in [3.05, 3.63) is 53.9 Å². The van der Waals surface area contributed by atoms with Crippen LogP contribution < -0.4 is 11.1 Å². The third-order valence-electron chi connectivity index (χ3n) is 3.41. The first-order valence-corrected chi connectivity index (χ1v) is 8.79. The number of nitrogens with one attached hydrogen (secondary N) is 1. The number of amides is 1. The van der Waals surface area contributed by atoms with E-state index >= 15 is 0 Å². The molecule has 124 valence electrons. The molecule has 0 fully saturated rings. The normalized spacial score (nSPS) is 12.8. The summed E-state index contributed by atoms with van der Waals surface area (Å²) >= 11 is 0. The van der Waals surface area contributed by atoms with Crippen LogP contribution in [-0.2, 0) is 10.0 Å². The summed E-state index contributed by atoms with van der Waals surface area (Å²) in [7, 11) is -3.69. The Morgan fingerprint density at radius 1 is 1.26 bits per heavy atom. The highest BCUT2D eigenvalue weighted by molar-refractivity contribution is 7.90. The fourth-order valence-corrected chi connectivity index (χ4v) is 3.21. The summed E-state index contributed by atoms with van der Waals surface area (Å²) in [5.41, 5.74) is 6.89. The van der Waals surface area contributed by atoms with Gasteiger partial charge in [-0.3, -0.25) is 4.79 Å². The third kappa shape index (κ3) is 4.20. The number of rotatable bonds is 6. The lowest BCUT2D eigenvalue weighted by atomic mass is 10.2. The molecule has 7 heteroatoms. The van der Waals surface area contributed by atoms with Gasteiger partial charge in [0, 0.05) is 25.0 Å². The van der Waals surface area contributed by atoms with Crippen LogP contribution in [-0.4, -0.2) is 30.9 Å².